The molecule has 1 unspecified atom stereocenters. The van der Waals surface area contributed by atoms with Crippen LogP contribution in [0.4, 0.5) is 24.5 Å². The fourth-order valence-corrected chi connectivity index (χ4v) is 3.61. The van der Waals surface area contributed by atoms with Crippen molar-refractivity contribution in [1.82, 2.24) is 5.32 Å². The zero-order chi connectivity index (χ0) is 22.9. The van der Waals surface area contributed by atoms with E-state index in [1.165, 1.54) is 12.1 Å². The van der Waals surface area contributed by atoms with Gasteiger partial charge in [0, 0.05) is 46.8 Å². The third-order valence-corrected chi connectivity index (χ3v) is 5.19. The lowest BCUT2D eigenvalue weighted by Crippen LogP contribution is -2.35. The van der Waals surface area contributed by atoms with Gasteiger partial charge in [-0.15, -0.1) is 0 Å². The molecule has 3 rings (SSSR count). The number of alkyl halides is 3. The van der Waals surface area contributed by atoms with Crippen LogP contribution < -0.4 is 16.4 Å². The van der Waals surface area contributed by atoms with Gasteiger partial charge in [-0.05, 0) is 49.2 Å². The Bertz CT molecular complexity index is 1090. The quantitative estimate of drug-likeness (QED) is 0.433. The predicted molar refractivity (Wildman–Crippen MR) is 112 cm³/mol. The summed E-state index contributed by atoms with van der Waals surface area (Å²) in [6, 6.07) is 7.65. The second kappa shape index (κ2) is 8.25. The lowest BCUT2D eigenvalue weighted by atomic mass is 9.83. The number of hydrogen-bond donors (Lipinski definition) is 4. The average Bonchev–Trinajstić information content (AvgIpc) is 2.69. The van der Waals surface area contributed by atoms with E-state index in [2.05, 4.69) is 10.6 Å². The van der Waals surface area contributed by atoms with Crippen LogP contribution in [-0.4, -0.2) is 18.0 Å². The van der Waals surface area contributed by atoms with Gasteiger partial charge < -0.3 is 21.8 Å². The van der Waals surface area contributed by atoms with E-state index in [1.807, 2.05) is 0 Å². The number of anilines is 2. The molecular weight excluding hydrogens is 409 g/mol. The van der Waals surface area contributed by atoms with Gasteiger partial charge in [0.05, 0.1) is 5.56 Å². The largest absolute Gasteiger partial charge is 0.416 e. The van der Waals surface area contributed by atoms with Gasteiger partial charge in [-0.25, -0.2) is 0 Å². The molecular formula is C22H21F3N4O2. The number of rotatable bonds is 4. The van der Waals surface area contributed by atoms with Crippen molar-refractivity contribution in [3.63, 3.8) is 0 Å². The highest BCUT2D eigenvalue weighted by molar-refractivity contribution is 6.07. The van der Waals surface area contributed by atoms with Crippen molar-refractivity contribution in [1.29, 1.82) is 5.41 Å². The SMILES string of the molecule is CC1=C(C(=O)Nc2cc(C)c(N)c(C=N)c2)C(c2ccc(C(F)(F)F)cc2)CC(=O)N1. The van der Waals surface area contributed by atoms with Crippen molar-refractivity contribution in [2.75, 3.05) is 11.1 Å². The van der Waals surface area contributed by atoms with Crippen LogP contribution in [0.2, 0.25) is 0 Å². The average molecular weight is 430 g/mol. The van der Waals surface area contributed by atoms with Gasteiger partial charge in [0.2, 0.25) is 5.91 Å². The third-order valence-electron chi connectivity index (χ3n) is 5.19. The second-order valence-electron chi connectivity index (χ2n) is 7.36. The molecule has 5 N–H and O–H groups in total. The first kappa shape index (κ1) is 22.1. The van der Waals surface area contributed by atoms with Crippen molar-refractivity contribution in [2.24, 2.45) is 0 Å². The molecule has 9 heteroatoms. The lowest BCUT2D eigenvalue weighted by molar-refractivity contribution is -0.137. The number of carbonyl (C=O) groups excluding carboxylic acids is 2. The van der Waals surface area contributed by atoms with Crippen molar-refractivity contribution in [3.8, 4) is 0 Å². The molecule has 0 radical (unpaired) electrons. The van der Waals surface area contributed by atoms with Gasteiger partial charge in [-0.1, -0.05) is 12.1 Å². The number of nitrogen functional groups attached to an aromatic ring is 1. The summed E-state index contributed by atoms with van der Waals surface area (Å²) in [6.45, 7) is 3.31. The highest BCUT2D eigenvalue weighted by Crippen LogP contribution is 2.36. The zero-order valence-electron chi connectivity index (χ0n) is 16.9. The van der Waals surface area contributed by atoms with Crippen LogP contribution in [0.3, 0.4) is 0 Å². The van der Waals surface area contributed by atoms with E-state index in [-0.39, 0.29) is 17.9 Å². The number of amides is 2. The van der Waals surface area contributed by atoms with E-state index in [0.717, 1.165) is 18.3 Å². The Labute approximate surface area is 176 Å². The Morgan fingerprint density at radius 3 is 2.45 bits per heavy atom. The van der Waals surface area contributed by atoms with Gasteiger partial charge in [-0.3, -0.25) is 9.59 Å². The predicted octanol–water partition coefficient (Wildman–Crippen LogP) is 4.11. The summed E-state index contributed by atoms with van der Waals surface area (Å²) in [5, 5.41) is 12.8. The Morgan fingerprint density at radius 2 is 1.87 bits per heavy atom. The van der Waals surface area contributed by atoms with E-state index in [9.17, 15) is 22.8 Å². The highest BCUT2D eigenvalue weighted by atomic mass is 19.4. The highest BCUT2D eigenvalue weighted by Gasteiger charge is 2.34. The summed E-state index contributed by atoms with van der Waals surface area (Å²) in [5.41, 5.74) is 8.09. The standard InChI is InChI=1S/C22H21F3N4O2/c1-11-7-16(8-14(10-26)20(11)27)29-21(31)19-12(2)28-18(30)9-17(19)13-3-5-15(6-4-13)22(23,24)25/h3-8,10,17,26H,9,27H2,1-2H3,(H,28,30)(H,29,31). The molecule has 0 saturated heterocycles. The molecule has 0 bridgehead atoms. The van der Waals surface area contributed by atoms with Crippen molar-refractivity contribution >= 4 is 29.4 Å². The number of nitrogens with one attached hydrogen (secondary N) is 3. The summed E-state index contributed by atoms with van der Waals surface area (Å²) < 4.78 is 38.7. The van der Waals surface area contributed by atoms with Crippen LogP contribution in [0.1, 0.15) is 41.5 Å². The van der Waals surface area contributed by atoms with Crippen molar-refractivity contribution in [2.45, 2.75) is 32.4 Å². The normalized spacial score (nSPS) is 16.7. The maximum absolute atomic E-state index is 13.1. The van der Waals surface area contributed by atoms with E-state index >= 15 is 0 Å². The van der Waals surface area contributed by atoms with Crippen LogP contribution in [0, 0.1) is 12.3 Å². The monoisotopic (exact) mass is 430 g/mol. The molecule has 1 atom stereocenters. The van der Waals surface area contributed by atoms with Gasteiger partial charge in [0.1, 0.15) is 0 Å². The molecule has 2 aromatic rings. The molecule has 0 fully saturated rings. The Kier molecular flexibility index (Phi) is 5.88. The minimum absolute atomic E-state index is 0.0715. The van der Waals surface area contributed by atoms with Crippen LogP contribution in [0.5, 0.6) is 0 Å². The molecule has 2 aromatic carbocycles. The molecule has 0 saturated carbocycles. The summed E-state index contributed by atoms with van der Waals surface area (Å²) in [7, 11) is 0. The maximum atomic E-state index is 13.1. The summed E-state index contributed by atoms with van der Waals surface area (Å²) in [4.78, 5) is 25.2. The number of nitrogens with two attached hydrogens (primary N) is 1. The molecule has 0 aromatic heterocycles. The second-order valence-corrected chi connectivity index (χ2v) is 7.36. The minimum Gasteiger partial charge on any atom is -0.398 e. The maximum Gasteiger partial charge on any atom is 0.416 e. The topological polar surface area (TPSA) is 108 Å². The summed E-state index contributed by atoms with van der Waals surface area (Å²) >= 11 is 0. The van der Waals surface area contributed by atoms with Gasteiger partial charge in [0.25, 0.3) is 5.91 Å². The summed E-state index contributed by atoms with van der Waals surface area (Å²) in [5.74, 6) is -1.52. The molecule has 6 nitrogen and oxygen atoms in total. The molecule has 2 amide bonds. The van der Waals surface area contributed by atoms with Crippen molar-refractivity contribution < 1.29 is 22.8 Å². The number of hydrogen-bond acceptors (Lipinski definition) is 4. The van der Waals surface area contributed by atoms with E-state index in [0.29, 0.717) is 33.8 Å². The number of aryl methyl sites for hydroxylation is 1. The molecule has 162 valence electrons. The Balaban J connectivity index is 1.96. The fraction of sp³-hybridized carbons (Fsp3) is 0.227. The van der Waals surface area contributed by atoms with E-state index in [4.69, 9.17) is 11.1 Å². The van der Waals surface area contributed by atoms with Crippen LogP contribution in [0.25, 0.3) is 0 Å². The number of carbonyl (C=O) groups is 2. The van der Waals surface area contributed by atoms with Gasteiger partial charge >= 0.3 is 6.18 Å². The third kappa shape index (κ3) is 4.60. The Hall–Kier alpha value is -3.62. The molecule has 1 aliphatic heterocycles. The van der Waals surface area contributed by atoms with Crippen molar-refractivity contribution in [3.05, 3.63) is 69.9 Å². The first-order valence-corrected chi connectivity index (χ1v) is 9.41. The first-order valence-electron chi connectivity index (χ1n) is 9.41. The molecule has 1 heterocycles. The number of allylic oxidation sites excluding steroid dienone is 1. The van der Waals surface area contributed by atoms with Crippen LogP contribution >= 0.6 is 0 Å². The Morgan fingerprint density at radius 1 is 1.23 bits per heavy atom. The lowest BCUT2D eigenvalue weighted by Gasteiger charge is -2.27. The smallest absolute Gasteiger partial charge is 0.398 e. The molecule has 0 aliphatic carbocycles. The van der Waals surface area contributed by atoms with E-state index in [1.54, 1.807) is 26.0 Å². The molecule has 1 aliphatic rings. The van der Waals surface area contributed by atoms with Gasteiger partial charge in [0.15, 0.2) is 0 Å². The number of benzene rings is 2. The van der Waals surface area contributed by atoms with Crippen LogP contribution in [0.15, 0.2) is 47.7 Å². The molecule has 0 spiro atoms. The first-order chi connectivity index (χ1) is 14.5. The fourth-order valence-electron chi connectivity index (χ4n) is 3.61. The number of halogens is 3. The van der Waals surface area contributed by atoms with Gasteiger partial charge in [-0.2, -0.15) is 13.2 Å². The molecule has 31 heavy (non-hydrogen) atoms. The van der Waals surface area contributed by atoms with E-state index < -0.39 is 23.6 Å². The zero-order valence-corrected chi connectivity index (χ0v) is 16.9. The van der Waals surface area contributed by atoms with Crippen LogP contribution in [-0.2, 0) is 15.8 Å². The summed E-state index contributed by atoms with van der Waals surface area (Å²) in [6.07, 6.45) is -3.47. The minimum atomic E-state index is -4.48.